The van der Waals surface area contributed by atoms with Gasteiger partial charge in [-0.2, -0.15) is 13.2 Å². The van der Waals surface area contributed by atoms with Crippen LogP contribution in [0.5, 0.6) is 5.88 Å². The maximum Gasteiger partial charge on any atom is 0.417 e. The third kappa shape index (κ3) is 5.66. The van der Waals surface area contributed by atoms with Crippen LogP contribution in [0.1, 0.15) is 12.0 Å². The number of halogens is 4. The zero-order valence-corrected chi connectivity index (χ0v) is 20.9. The molecule has 3 aromatic rings. The van der Waals surface area contributed by atoms with Crippen LogP contribution in [0.15, 0.2) is 29.3 Å². The molecular weight excluding hydrogens is 514 g/mol. The Hall–Kier alpha value is -3.88. The van der Waals surface area contributed by atoms with E-state index in [0.29, 0.717) is 54.6 Å². The maximum atomic E-state index is 15.3. The number of urea groups is 1. The fourth-order valence-electron chi connectivity index (χ4n) is 4.25. The van der Waals surface area contributed by atoms with Crippen molar-refractivity contribution in [3.8, 4) is 5.88 Å². The van der Waals surface area contributed by atoms with Gasteiger partial charge in [-0.1, -0.05) is 0 Å². The van der Waals surface area contributed by atoms with Crippen LogP contribution in [-0.2, 0) is 18.0 Å². The molecule has 15 heteroatoms. The summed E-state index contributed by atoms with van der Waals surface area (Å²) in [6.07, 6.45) is -3.75. The van der Waals surface area contributed by atoms with Gasteiger partial charge in [0.1, 0.15) is 18.5 Å². The zero-order chi connectivity index (χ0) is 27.6. The molecule has 0 radical (unpaired) electrons. The highest BCUT2D eigenvalue weighted by Gasteiger charge is 2.36. The molecule has 1 aliphatic rings. The molecule has 4 rings (SSSR count). The smallest absolute Gasteiger partial charge is 0.417 e. The van der Waals surface area contributed by atoms with E-state index in [4.69, 9.17) is 9.47 Å². The summed E-state index contributed by atoms with van der Waals surface area (Å²) in [7, 11) is 4.04. The lowest BCUT2D eigenvalue weighted by molar-refractivity contribution is -0.138. The number of hydrogen-bond donors (Lipinski definition) is 2. The molecule has 2 N–H and O–H groups in total. The second-order valence-electron chi connectivity index (χ2n) is 8.88. The molecule has 1 saturated heterocycles. The third-order valence-electron chi connectivity index (χ3n) is 6.34. The quantitative estimate of drug-likeness (QED) is 0.349. The van der Waals surface area contributed by atoms with Crippen molar-refractivity contribution in [2.45, 2.75) is 24.8 Å². The van der Waals surface area contributed by atoms with E-state index in [1.807, 2.05) is 0 Å². The van der Waals surface area contributed by atoms with Gasteiger partial charge in [-0.05, 0) is 18.6 Å². The Morgan fingerprint density at radius 1 is 1.32 bits per heavy atom. The molecule has 0 aromatic carbocycles. The lowest BCUT2D eigenvalue weighted by Crippen LogP contribution is -2.54. The topological polar surface area (TPSA) is 118 Å². The molecular formula is C23H27F4N7O4. The van der Waals surface area contributed by atoms with Crippen molar-refractivity contribution in [2.75, 3.05) is 50.7 Å². The van der Waals surface area contributed by atoms with Crippen molar-refractivity contribution in [3.63, 3.8) is 0 Å². The predicted molar refractivity (Wildman–Crippen MR) is 130 cm³/mol. The molecule has 1 aliphatic heterocycles. The van der Waals surface area contributed by atoms with Crippen LogP contribution in [0.4, 0.5) is 33.7 Å². The lowest BCUT2D eigenvalue weighted by atomic mass is 10.0. The molecule has 0 aliphatic carbocycles. The van der Waals surface area contributed by atoms with E-state index in [9.17, 15) is 22.8 Å². The average molecular weight is 542 g/mol. The Balaban J connectivity index is 1.44. The molecule has 0 unspecified atom stereocenters. The number of carbonyl (C=O) groups excluding carboxylic acids is 1. The van der Waals surface area contributed by atoms with Gasteiger partial charge in [0.05, 0.1) is 42.0 Å². The van der Waals surface area contributed by atoms with Crippen molar-refractivity contribution in [1.82, 2.24) is 24.6 Å². The lowest BCUT2D eigenvalue weighted by Gasteiger charge is -2.39. The minimum atomic E-state index is -4.71. The summed E-state index contributed by atoms with van der Waals surface area (Å²) in [5, 5.41) is 9.68. The van der Waals surface area contributed by atoms with Gasteiger partial charge in [0, 0.05) is 33.9 Å². The number of nitrogens with one attached hydrogen (secondary N) is 2. The van der Waals surface area contributed by atoms with Crippen LogP contribution < -0.4 is 20.5 Å². The summed E-state index contributed by atoms with van der Waals surface area (Å²) in [6, 6.07) is 0.595. The molecule has 1 fully saturated rings. The summed E-state index contributed by atoms with van der Waals surface area (Å²) in [5.41, 5.74) is -1.32. The number of anilines is 2. The van der Waals surface area contributed by atoms with Crippen molar-refractivity contribution >= 4 is 28.4 Å². The van der Waals surface area contributed by atoms with E-state index in [-0.39, 0.29) is 13.0 Å². The number of hydrogen-bond acceptors (Lipinski definition) is 7. The molecule has 0 saturated carbocycles. The molecule has 3 aromatic heterocycles. The minimum absolute atomic E-state index is 0.0570. The number of ether oxygens (including phenoxy) is 2. The molecule has 0 bridgehead atoms. The number of aryl methyl sites for hydroxylation is 1. The number of H-pyrrole nitrogens is 1. The van der Waals surface area contributed by atoms with Gasteiger partial charge < -0.3 is 29.2 Å². The van der Waals surface area contributed by atoms with Gasteiger partial charge in [-0.3, -0.25) is 9.89 Å². The SMILES string of the molecule is COCCOc1n[nH]c2ncc(N3CC[C@H](N(C)C(=O)Nc4cc(C(F)(F)F)cn(C)c4=O)[C@@H](F)C3)cc12. The fourth-order valence-corrected chi connectivity index (χ4v) is 4.25. The molecule has 2 atom stereocenters. The van der Waals surface area contributed by atoms with E-state index in [2.05, 4.69) is 20.5 Å². The second-order valence-corrected chi connectivity index (χ2v) is 8.88. The number of alkyl halides is 4. The van der Waals surface area contributed by atoms with Gasteiger partial charge in [-0.25, -0.2) is 14.2 Å². The number of aromatic nitrogens is 4. The predicted octanol–water partition coefficient (Wildman–Crippen LogP) is 2.78. The number of aromatic amines is 1. The highest BCUT2D eigenvalue weighted by molar-refractivity contribution is 5.89. The Labute approximate surface area is 214 Å². The molecule has 206 valence electrons. The molecule has 2 amide bonds. The summed E-state index contributed by atoms with van der Waals surface area (Å²) in [5.74, 6) is 0.343. The van der Waals surface area contributed by atoms with Crippen LogP contribution in [-0.4, -0.2) is 83.4 Å². The van der Waals surface area contributed by atoms with Crippen molar-refractivity contribution in [2.24, 2.45) is 7.05 Å². The maximum absolute atomic E-state index is 15.3. The van der Waals surface area contributed by atoms with E-state index in [0.717, 1.165) is 16.5 Å². The molecule has 11 nitrogen and oxygen atoms in total. The Morgan fingerprint density at radius 3 is 2.76 bits per heavy atom. The summed E-state index contributed by atoms with van der Waals surface area (Å²) in [4.78, 5) is 32.2. The Morgan fingerprint density at radius 2 is 2.08 bits per heavy atom. The summed E-state index contributed by atoms with van der Waals surface area (Å²) in [6.45, 7) is 0.985. The number of amides is 2. The zero-order valence-electron chi connectivity index (χ0n) is 20.9. The van der Waals surface area contributed by atoms with Gasteiger partial charge in [0.15, 0.2) is 5.65 Å². The monoisotopic (exact) mass is 541 g/mol. The van der Waals surface area contributed by atoms with Gasteiger partial charge in [0.25, 0.3) is 5.56 Å². The van der Waals surface area contributed by atoms with Crippen LogP contribution in [0.3, 0.4) is 0 Å². The number of piperidine rings is 1. The number of methoxy groups -OCH3 is 1. The molecule has 4 heterocycles. The van der Waals surface area contributed by atoms with E-state index < -0.39 is 41.2 Å². The molecule has 38 heavy (non-hydrogen) atoms. The van der Waals surface area contributed by atoms with Gasteiger partial charge in [0.2, 0.25) is 5.88 Å². The average Bonchev–Trinajstić information content (AvgIpc) is 3.28. The van der Waals surface area contributed by atoms with Crippen LogP contribution in [0, 0.1) is 0 Å². The Bertz CT molecular complexity index is 1360. The Kier molecular flexibility index (Phi) is 7.76. The fraction of sp³-hybridized carbons (Fsp3) is 0.478. The van der Waals surface area contributed by atoms with Crippen LogP contribution >= 0.6 is 0 Å². The summed E-state index contributed by atoms with van der Waals surface area (Å²) < 4.78 is 66.0. The standard InChI is InChI=1S/C23H27F4N7O4/c1-32-11-13(23(25,26)27)8-17(21(32)35)29-22(36)33(2)18-4-5-34(12-16(18)24)14-9-15-19(28-10-14)30-31-20(15)38-7-6-37-3/h8-11,16,18H,4-7,12H2,1-3H3,(H,29,36)(H,28,30,31)/t16-,18-/m0/s1. The highest BCUT2D eigenvalue weighted by Crippen LogP contribution is 2.31. The van der Waals surface area contributed by atoms with Gasteiger partial charge >= 0.3 is 12.2 Å². The first kappa shape index (κ1) is 27.2. The highest BCUT2D eigenvalue weighted by atomic mass is 19.4. The van der Waals surface area contributed by atoms with Crippen molar-refractivity contribution in [1.29, 1.82) is 0 Å². The third-order valence-corrected chi connectivity index (χ3v) is 6.34. The second kappa shape index (κ2) is 10.8. The number of fused-ring (bicyclic) bond motifs is 1. The minimum Gasteiger partial charge on any atom is -0.474 e. The first-order valence-corrected chi connectivity index (χ1v) is 11.7. The normalized spacial score (nSPS) is 18.0. The van der Waals surface area contributed by atoms with Crippen molar-refractivity contribution in [3.05, 3.63) is 40.4 Å². The molecule has 0 spiro atoms. The van der Waals surface area contributed by atoms with E-state index in [1.165, 1.54) is 7.05 Å². The van der Waals surface area contributed by atoms with Crippen LogP contribution in [0.2, 0.25) is 0 Å². The first-order chi connectivity index (χ1) is 18.0. The van der Waals surface area contributed by atoms with E-state index >= 15 is 4.39 Å². The number of pyridine rings is 2. The first-order valence-electron chi connectivity index (χ1n) is 11.7. The van der Waals surface area contributed by atoms with E-state index in [1.54, 1.807) is 24.3 Å². The summed E-state index contributed by atoms with van der Waals surface area (Å²) >= 11 is 0. The van der Waals surface area contributed by atoms with Crippen molar-refractivity contribution < 1.29 is 31.8 Å². The van der Waals surface area contributed by atoms with Gasteiger partial charge in [-0.15, -0.1) is 5.10 Å². The van der Waals surface area contributed by atoms with Crippen LogP contribution in [0.25, 0.3) is 11.0 Å². The number of carbonyl (C=O) groups is 1. The number of rotatable bonds is 7. The largest absolute Gasteiger partial charge is 0.474 e. The number of nitrogens with zero attached hydrogens (tertiary/aromatic N) is 5.